The van der Waals surface area contributed by atoms with E-state index >= 15 is 4.39 Å². The molecule has 0 aromatic carbocycles. The smallest absolute Gasteiger partial charge is 0.367 e. The highest BCUT2D eigenvalue weighted by molar-refractivity contribution is 6.20. The molecular formula is C33H48ClF2N3O5. The summed E-state index contributed by atoms with van der Waals surface area (Å²) in [5.41, 5.74) is 1.26. The average molecular weight is 640 g/mol. The highest BCUT2D eigenvalue weighted by Crippen LogP contribution is 2.50. The van der Waals surface area contributed by atoms with Crippen LogP contribution >= 0.6 is 11.6 Å². The number of aromatic nitrogens is 2. The average Bonchev–Trinajstić information content (AvgIpc) is 3.46. The lowest BCUT2D eigenvalue weighted by molar-refractivity contribution is -0.219. The Morgan fingerprint density at radius 3 is 2.61 bits per heavy atom. The summed E-state index contributed by atoms with van der Waals surface area (Å²) < 4.78 is 55.6. The maximum absolute atomic E-state index is 15.1. The van der Waals surface area contributed by atoms with Crippen molar-refractivity contribution in [3.8, 4) is 0 Å². The molecule has 1 aromatic heterocycles. The SMILES string of the molecule is CCOC(=O)/C(F)=C\c1c(C)nc(CN2CCC(C3CCCC4O[C@](C)(C5CCC(Cl)CC5F)OC43)CC2)n1CC1CCO1. The van der Waals surface area contributed by atoms with Gasteiger partial charge in [-0.25, -0.2) is 14.2 Å². The fourth-order valence-corrected chi connectivity index (χ4v) is 8.58. The standard InChI is InChI=1S/C33H48ClF2N3O5/c1-4-41-32(40)27(36)17-28-20(2)37-30(39(28)18-23-12-15-42-23)19-38-13-10-21(11-14-38)24-6-5-7-29-31(24)44-33(3,43-29)25-9-8-22(34)16-26(25)35/h17,21-26,29,31H,4-16,18-19H2,1-3H3/b27-17+/t22?,23?,24?,25?,26?,29?,31?,33-/m0/s1. The minimum Gasteiger partial charge on any atom is -0.461 e. The molecule has 0 N–H and O–H groups in total. The fourth-order valence-electron chi connectivity index (χ4n) is 8.29. The van der Waals surface area contributed by atoms with Crippen LogP contribution in [0.5, 0.6) is 0 Å². The van der Waals surface area contributed by atoms with Crippen molar-refractivity contribution >= 4 is 23.6 Å². The lowest BCUT2D eigenvalue weighted by Crippen LogP contribution is -2.46. The fraction of sp³-hybridized carbons (Fsp3) is 0.818. The van der Waals surface area contributed by atoms with Gasteiger partial charge >= 0.3 is 5.97 Å². The van der Waals surface area contributed by atoms with Crippen molar-refractivity contribution < 1.29 is 32.5 Å². The van der Waals surface area contributed by atoms with E-state index in [4.69, 9.17) is 35.5 Å². The number of alkyl halides is 2. The van der Waals surface area contributed by atoms with Gasteiger partial charge in [-0.2, -0.15) is 4.39 Å². The Kier molecular flexibility index (Phi) is 10.0. The van der Waals surface area contributed by atoms with Crippen LogP contribution in [-0.2, 0) is 36.8 Å². The van der Waals surface area contributed by atoms with E-state index in [1.165, 1.54) is 6.08 Å². The summed E-state index contributed by atoms with van der Waals surface area (Å²) in [4.78, 5) is 19.2. The molecule has 0 spiro atoms. The Hall–Kier alpha value is -1.59. The number of carbonyl (C=O) groups is 1. The molecule has 6 rings (SSSR count). The Labute approximate surface area is 264 Å². The van der Waals surface area contributed by atoms with Gasteiger partial charge in [-0.05, 0) is 97.1 Å². The lowest BCUT2D eigenvalue weighted by atomic mass is 9.73. The van der Waals surface area contributed by atoms with Gasteiger partial charge in [-0.1, -0.05) is 6.42 Å². The van der Waals surface area contributed by atoms with Crippen LogP contribution in [-0.4, -0.2) is 82.4 Å². The van der Waals surface area contributed by atoms with Gasteiger partial charge in [-0.15, -0.1) is 11.6 Å². The number of hydrogen-bond acceptors (Lipinski definition) is 7. The van der Waals surface area contributed by atoms with E-state index in [9.17, 15) is 9.18 Å². The summed E-state index contributed by atoms with van der Waals surface area (Å²) in [6.07, 6.45) is 8.46. The van der Waals surface area contributed by atoms with Gasteiger partial charge < -0.3 is 23.5 Å². The van der Waals surface area contributed by atoms with E-state index in [2.05, 4.69) is 4.90 Å². The summed E-state index contributed by atoms with van der Waals surface area (Å²) >= 11 is 6.26. The third kappa shape index (κ3) is 6.75. The Morgan fingerprint density at radius 1 is 1.16 bits per heavy atom. The molecule has 3 aliphatic heterocycles. The van der Waals surface area contributed by atoms with E-state index < -0.39 is 23.8 Å². The summed E-state index contributed by atoms with van der Waals surface area (Å²) in [5, 5.41) is -0.103. The molecule has 5 fully saturated rings. The number of imidazole rings is 1. The third-order valence-corrected chi connectivity index (χ3v) is 11.1. The largest absolute Gasteiger partial charge is 0.461 e. The van der Waals surface area contributed by atoms with Gasteiger partial charge in [0.05, 0.1) is 49.4 Å². The van der Waals surface area contributed by atoms with Crippen LogP contribution in [0.1, 0.15) is 88.8 Å². The number of aryl methyl sites for hydroxylation is 1. The van der Waals surface area contributed by atoms with Crippen molar-refractivity contribution in [1.82, 2.24) is 14.5 Å². The van der Waals surface area contributed by atoms with Crippen molar-refractivity contribution in [3.63, 3.8) is 0 Å². The van der Waals surface area contributed by atoms with Gasteiger partial charge in [0, 0.05) is 24.0 Å². The predicted octanol–water partition coefficient (Wildman–Crippen LogP) is 6.11. The third-order valence-electron chi connectivity index (χ3n) is 10.7. The van der Waals surface area contributed by atoms with Crippen LogP contribution < -0.4 is 0 Å². The van der Waals surface area contributed by atoms with Gasteiger partial charge in [0.2, 0.25) is 5.83 Å². The van der Waals surface area contributed by atoms with E-state index in [-0.39, 0.29) is 36.2 Å². The van der Waals surface area contributed by atoms with Crippen LogP contribution in [0.25, 0.3) is 6.08 Å². The number of esters is 1. The maximum atomic E-state index is 15.1. The van der Waals surface area contributed by atoms with Crippen molar-refractivity contribution in [2.45, 2.75) is 127 Å². The number of likely N-dealkylation sites (tertiary alicyclic amines) is 1. The van der Waals surface area contributed by atoms with Crippen molar-refractivity contribution in [2.75, 3.05) is 26.3 Å². The first-order chi connectivity index (χ1) is 21.1. The number of ether oxygens (including phenoxy) is 4. The van der Waals surface area contributed by atoms with Crippen molar-refractivity contribution in [3.05, 3.63) is 23.0 Å². The molecule has 7 unspecified atom stereocenters. The van der Waals surface area contributed by atoms with E-state index in [0.717, 1.165) is 70.5 Å². The predicted molar refractivity (Wildman–Crippen MR) is 162 cm³/mol. The van der Waals surface area contributed by atoms with Gasteiger partial charge in [0.25, 0.3) is 0 Å². The summed E-state index contributed by atoms with van der Waals surface area (Å²) in [6, 6.07) is 0. The molecule has 0 bridgehead atoms. The van der Waals surface area contributed by atoms with Crippen LogP contribution in [0, 0.1) is 24.7 Å². The number of piperidine rings is 1. The summed E-state index contributed by atoms with van der Waals surface area (Å²) in [7, 11) is 0. The molecule has 1 aromatic rings. The Bertz CT molecular complexity index is 1200. The van der Waals surface area contributed by atoms with Crippen LogP contribution in [0.3, 0.4) is 0 Å². The number of hydrogen-bond donors (Lipinski definition) is 0. The Balaban J connectivity index is 1.10. The zero-order valence-corrected chi connectivity index (χ0v) is 27.1. The quantitative estimate of drug-likeness (QED) is 0.183. The molecule has 4 heterocycles. The first-order valence-electron chi connectivity index (χ1n) is 16.7. The highest BCUT2D eigenvalue weighted by atomic mass is 35.5. The molecule has 2 saturated carbocycles. The molecule has 0 amide bonds. The number of carbonyl (C=O) groups excluding carboxylic acids is 1. The maximum Gasteiger partial charge on any atom is 0.367 e. The minimum atomic E-state index is -0.997. The molecule has 44 heavy (non-hydrogen) atoms. The summed E-state index contributed by atoms with van der Waals surface area (Å²) in [5.74, 6) is -1.26. The topological polar surface area (TPSA) is 75.0 Å². The van der Waals surface area contributed by atoms with E-state index in [1.807, 2.05) is 18.4 Å². The number of rotatable bonds is 9. The number of halogens is 3. The molecule has 3 saturated heterocycles. The first kappa shape index (κ1) is 32.4. The van der Waals surface area contributed by atoms with Crippen molar-refractivity contribution in [2.24, 2.45) is 17.8 Å². The molecule has 8 atom stereocenters. The zero-order chi connectivity index (χ0) is 31.0. The van der Waals surface area contributed by atoms with Crippen LogP contribution in [0.2, 0.25) is 0 Å². The second-order valence-corrected chi connectivity index (χ2v) is 14.2. The molecule has 246 valence electrons. The molecule has 8 nitrogen and oxygen atoms in total. The van der Waals surface area contributed by atoms with Gasteiger partial charge in [0.15, 0.2) is 5.79 Å². The van der Waals surface area contributed by atoms with Crippen molar-refractivity contribution in [1.29, 1.82) is 0 Å². The zero-order valence-electron chi connectivity index (χ0n) is 26.3. The number of fused-ring (bicyclic) bond motifs is 1. The molecule has 5 aliphatic rings. The number of nitrogens with zero attached hydrogens (tertiary/aromatic N) is 3. The van der Waals surface area contributed by atoms with Crippen LogP contribution in [0.15, 0.2) is 5.83 Å². The molecule has 2 aliphatic carbocycles. The first-order valence-corrected chi connectivity index (χ1v) is 17.2. The second kappa shape index (κ2) is 13.6. The second-order valence-electron chi connectivity index (χ2n) is 13.6. The minimum absolute atomic E-state index is 0.0129. The lowest BCUT2D eigenvalue weighted by Gasteiger charge is -2.41. The van der Waals surface area contributed by atoms with Gasteiger partial charge in [0.1, 0.15) is 12.0 Å². The summed E-state index contributed by atoms with van der Waals surface area (Å²) in [6.45, 7) is 9.37. The molecule has 0 radical (unpaired) electrons. The highest BCUT2D eigenvalue weighted by Gasteiger charge is 2.56. The van der Waals surface area contributed by atoms with Crippen LogP contribution in [0.4, 0.5) is 8.78 Å². The Morgan fingerprint density at radius 2 is 1.93 bits per heavy atom. The molecule has 11 heteroatoms. The molecular weight excluding hydrogens is 592 g/mol. The van der Waals surface area contributed by atoms with E-state index in [1.54, 1.807) is 6.92 Å². The van der Waals surface area contributed by atoms with Gasteiger partial charge in [-0.3, -0.25) is 4.90 Å². The normalized spacial score (nSPS) is 37.0. The van der Waals surface area contributed by atoms with E-state index in [0.29, 0.717) is 49.2 Å². The monoisotopic (exact) mass is 639 g/mol.